The van der Waals surface area contributed by atoms with E-state index in [1.165, 1.54) is 0 Å². The molecule has 0 atom stereocenters. The zero-order valence-corrected chi connectivity index (χ0v) is 14.1. The van der Waals surface area contributed by atoms with Crippen LogP contribution in [0.3, 0.4) is 0 Å². The molecule has 1 aromatic rings. The predicted octanol–water partition coefficient (Wildman–Crippen LogP) is 3.63. The van der Waals surface area contributed by atoms with Gasteiger partial charge in [-0.1, -0.05) is 22.9 Å². The average Bonchev–Trinajstić information content (AvgIpc) is 2.29. The Morgan fingerprint density at radius 3 is 2.39 bits per heavy atom. The molecule has 0 unspecified atom stereocenters. The number of piperidine rings is 1. The Morgan fingerprint density at radius 2 is 1.83 bits per heavy atom. The number of sulfonamides is 1. The molecule has 0 aliphatic carbocycles. The first-order chi connectivity index (χ1) is 8.41. The fourth-order valence-corrected chi connectivity index (χ4v) is 5.22. The smallest absolute Gasteiger partial charge is 0.207 e. The molecule has 0 aromatic heterocycles. The first kappa shape index (κ1) is 14.5. The molecule has 0 bridgehead atoms. The molecule has 0 saturated carbocycles. The second-order valence-corrected chi connectivity index (χ2v) is 8.34. The molecule has 6 heteroatoms. The highest BCUT2D eigenvalue weighted by molar-refractivity contribution is 9.11. The van der Waals surface area contributed by atoms with E-state index >= 15 is 0 Å². The number of hydrogen-bond donors (Lipinski definition) is 0. The van der Waals surface area contributed by atoms with Gasteiger partial charge < -0.3 is 0 Å². The first-order valence-corrected chi connectivity index (χ1v) is 8.89. The SMILES string of the molecule is CC1CCN(S(=O)(=O)c2ccc(Br)cc2Br)CC1. The van der Waals surface area contributed by atoms with Crippen molar-refractivity contribution in [3.8, 4) is 0 Å². The van der Waals surface area contributed by atoms with E-state index in [9.17, 15) is 8.42 Å². The zero-order chi connectivity index (χ0) is 13.3. The highest BCUT2D eigenvalue weighted by atomic mass is 79.9. The lowest BCUT2D eigenvalue weighted by Crippen LogP contribution is -2.38. The Balaban J connectivity index is 2.30. The molecule has 1 aliphatic rings. The summed E-state index contributed by atoms with van der Waals surface area (Å²) in [5.74, 6) is 0.616. The van der Waals surface area contributed by atoms with Crippen LogP contribution in [0.4, 0.5) is 0 Å². The largest absolute Gasteiger partial charge is 0.244 e. The Morgan fingerprint density at radius 1 is 1.22 bits per heavy atom. The van der Waals surface area contributed by atoms with Crippen LogP contribution in [-0.2, 0) is 10.0 Å². The molecule has 0 N–H and O–H groups in total. The highest BCUT2D eigenvalue weighted by Crippen LogP contribution is 2.30. The maximum absolute atomic E-state index is 12.5. The molecule has 0 radical (unpaired) electrons. The van der Waals surface area contributed by atoms with Crippen LogP contribution in [0.5, 0.6) is 0 Å². The Kier molecular flexibility index (Phi) is 4.52. The lowest BCUT2D eigenvalue weighted by molar-refractivity contribution is 0.288. The van der Waals surface area contributed by atoms with Gasteiger partial charge in [-0.05, 0) is 52.9 Å². The summed E-state index contributed by atoms with van der Waals surface area (Å²) >= 11 is 6.65. The fourth-order valence-electron chi connectivity index (χ4n) is 2.05. The normalized spacial score (nSPS) is 19.1. The summed E-state index contributed by atoms with van der Waals surface area (Å²) in [6.07, 6.45) is 1.88. The molecule has 1 aliphatic heterocycles. The summed E-state index contributed by atoms with van der Waals surface area (Å²) in [7, 11) is -3.37. The van der Waals surface area contributed by atoms with Gasteiger partial charge in [-0.15, -0.1) is 0 Å². The van der Waals surface area contributed by atoms with Crippen molar-refractivity contribution in [2.75, 3.05) is 13.1 Å². The summed E-state index contributed by atoms with van der Waals surface area (Å²) in [6, 6.07) is 5.16. The Hall–Kier alpha value is 0.0900. The molecular formula is C12H15Br2NO2S. The number of halogens is 2. The lowest BCUT2D eigenvalue weighted by atomic mass is 10.0. The van der Waals surface area contributed by atoms with Gasteiger partial charge in [-0.25, -0.2) is 8.42 Å². The van der Waals surface area contributed by atoms with E-state index < -0.39 is 10.0 Å². The van der Waals surface area contributed by atoms with Gasteiger partial charge >= 0.3 is 0 Å². The van der Waals surface area contributed by atoms with Crippen molar-refractivity contribution >= 4 is 41.9 Å². The molecular weight excluding hydrogens is 382 g/mol. The standard InChI is InChI=1S/C12H15Br2NO2S/c1-9-4-6-15(7-5-9)18(16,17)12-3-2-10(13)8-11(12)14/h2-3,8-9H,4-7H2,1H3. The molecule has 0 amide bonds. The second kappa shape index (κ2) is 5.61. The third-order valence-electron chi connectivity index (χ3n) is 3.25. The van der Waals surface area contributed by atoms with Crippen molar-refractivity contribution in [3.05, 3.63) is 27.1 Å². The van der Waals surface area contributed by atoms with Crippen molar-refractivity contribution in [3.63, 3.8) is 0 Å². The third kappa shape index (κ3) is 2.98. The minimum Gasteiger partial charge on any atom is -0.207 e. The Labute approximate surface area is 125 Å². The molecule has 100 valence electrons. The van der Waals surface area contributed by atoms with E-state index in [0.717, 1.165) is 17.3 Å². The molecule has 18 heavy (non-hydrogen) atoms. The van der Waals surface area contributed by atoms with Gasteiger partial charge in [0, 0.05) is 22.0 Å². The Bertz CT molecular complexity index is 537. The van der Waals surface area contributed by atoms with Crippen molar-refractivity contribution in [2.24, 2.45) is 5.92 Å². The van der Waals surface area contributed by atoms with E-state index in [4.69, 9.17) is 0 Å². The summed E-state index contributed by atoms with van der Waals surface area (Å²) in [5.41, 5.74) is 0. The van der Waals surface area contributed by atoms with E-state index in [-0.39, 0.29) is 0 Å². The van der Waals surface area contributed by atoms with Crippen LogP contribution in [0.1, 0.15) is 19.8 Å². The maximum atomic E-state index is 12.5. The van der Waals surface area contributed by atoms with E-state index in [1.807, 2.05) is 0 Å². The molecule has 1 heterocycles. The van der Waals surface area contributed by atoms with Crippen molar-refractivity contribution in [2.45, 2.75) is 24.7 Å². The highest BCUT2D eigenvalue weighted by Gasteiger charge is 2.29. The van der Waals surface area contributed by atoms with Gasteiger partial charge in [-0.3, -0.25) is 0 Å². The van der Waals surface area contributed by atoms with Crippen LogP contribution in [0.25, 0.3) is 0 Å². The number of hydrogen-bond acceptors (Lipinski definition) is 2. The van der Waals surface area contributed by atoms with Gasteiger partial charge in [0.05, 0.1) is 4.90 Å². The molecule has 1 aromatic carbocycles. The zero-order valence-electron chi connectivity index (χ0n) is 10.1. The molecule has 2 rings (SSSR count). The van der Waals surface area contributed by atoms with Crippen LogP contribution in [0, 0.1) is 5.92 Å². The fraction of sp³-hybridized carbons (Fsp3) is 0.500. The van der Waals surface area contributed by atoms with E-state index in [1.54, 1.807) is 22.5 Å². The van der Waals surface area contributed by atoms with Crippen LogP contribution in [-0.4, -0.2) is 25.8 Å². The van der Waals surface area contributed by atoms with Crippen molar-refractivity contribution < 1.29 is 8.42 Å². The van der Waals surface area contributed by atoms with Crippen molar-refractivity contribution in [1.82, 2.24) is 4.31 Å². The topological polar surface area (TPSA) is 37.4 Å². The molecule has 1 saturated heterocycles. The van der Waals surface area contributed by atoms with Crippen LogP contribution >= 0.6 is 31.9 Å². The van der Waals surface area contributed by atoms with Crippen LogP contribution in [0.2, 0.25) is 0 Å². The third-order valence-corrected chi connectivity index (χ3v) is 6.62. The van der Waals surface area contributed by atoms with E-state index in [0.29, 0.717) is 28.4 Å². The predicted molar refractivity (Wildman–Crippen MR) is 79.0 cm³/mol. The van der Waals surface area contributed by atoms with Gasteiger partial charge in [0.15, 0.2) is 0 Å². The number of nitrogens with zero attached hydrogens (tertiary/aromatic N) is 1. The minimum absolute atomic E-state index is 0.347. The minimum atomic E-state index is -3.37. The molecule has 3 nitrogen and oxygen atoms in total. The first-order valence-electron chi connectivity index (χ1n) is 5.86. The summed E-state index contributed by atoms with van der Waals surface area (Å²) < 4.78 is 28.1. The van der Waals surface area contributed by atoms with E-state index in [2.05, 4.69) is 38.8 Å². The van der Waals surface area contributed by atoms with Crippen LogP contribution in [0.15, 0.2) is 32.0 Å². The second-order valence-electron chi connectivity index (χ2n) is 4.66. The van der Waals surface area contributed by atoms with Gasteiger partial charge in [0.25, 0.3) is 0 Å². The summed E-state index contributed by atoms with van der Waals surface area (Å²) in [4.78, 5) is 0.347. The number of benzene rings is 1. The van der Waals surface area contributed by atoms with Crippen LogP contribution < -0.4 is 0 Å². The summed E-state index contributed by atoms with van der Waals surface area (Å²) in [5, 5.41) is 0. The average molecular weight is 397 g/mol. The van der Waals surface area contributed by atoms with Crippen molar-refractivity contribution in [1.29, 1.82) is 0 Å². The molecule has 1 fully saturated rings. The van der Waals surface area contributed by atoms with Gasteiger partial charge in [0.2, 0.25) is 10.0 Å². The van der Waals surface area contributed by atoms with Gasteiger partial charge in [-0.2, -0.15) is 4.31 Å². The summed E-state index contributed by atoms with van der Waals surface area (Å²) in [6.45, 7) is 3.40. The monoisotopic (exact) mass is 395 g/mol. The molecule has 0 spiro atoms. The van der Waals surface area contributed by atoms with Gasteiger partial charge in [0.1, 0.15) is 0 Å². The lowest BCUT2D eigenvalue weighted by Gasteiger charge is -2.29. The number of rotatable bonds is 2. The maximum Gasteiger partial charge on any atom is 0.244 e. The quantitative estimate of drug-likeness (QED) is 0.765.